The molecule has 0 aromatic carbocycles. The van der Waals surface area contributed by atoms with Crippen molar-refractivity contribution in [2.75, 3.05) is 27.1 Å². The van der Waals surface area contributed by atoms with Gasteiger partial charge in [0, 0.05) is 19.4 Å². The highest BCUT2D eigenvalue weighted by atomic mass is 16.7. The van der Waals surface area contributed by atoms with Crippen LogP contribution in [0.3, 0.4) is 0 Å². The highest BCUT2D eigenvalue weighted by Gasteiger charge is 2.26. The van der Waals surface area contributed by atoms with Crippen molar-refractivity contribution < 1.29 is 29.2 Å². The summed E-state index contributed by atoms with van der Waals surface area (Å²) in [7, 11) is 1.47. The second kappa shape index (κ2) is 12.8. The molecule has 6 heteroatoms. The number of rotatable bonds is 13. The molecule has 0 rings (SSSR count). The molecule has 0 aliphatic heterocycles. The lowest BCUT2D eigenvalue weighted by atomic mass is 10.0. The molecule has 21 heavy (non-hydrogen) atoms. The number of ether oxygens (including phenoxy) is 3. The van der Waals surface area contributed by atoms with Crippen LogP contribution in [0.4, 0.5) is 0 Å². The molecule has 0 fully saturated rings. The smallest absolute Gasteiger partial charge is 0.305 e. The summed E-state index contributed by atoms with van der Waals surface area (Å²) in [6.07, 6.45) is 3.07. The molecule has 0 saturated carbocycles. The Kier molecular flexibility index (Phi) is 12.2. The van der Waals surface area contributed by atoms with Crippen molar-refractivity contribution in [3.8, 4) is 0 Å². The minimum absolute atomic E-state index is 0.00155. The molecule has 0 amide bonds. The van der Waals surface area contributed by atoms with Crippen LogP contribution in [-0.2, 0) is 19.0 Å². The van der Waals surface area contributed by atoms with Gasteiger partial charge in [-0.05, 0) is 19.3 Å². The first-order valence-corrected chi connectivity index (χ1v) is 7.22. The fourth-order valence-electron chi connectivity index (χ4n) is 1.85. The van der Waals surface area contributed by atoms with E-state index in [0.29, 0.717) is 6.42 Å². The summed E-state index contributed by atoms with van der Waals surface area (Å²) in [6.45, 7) is 5.11. The Labute approximate surface area is 126 Å². The fraction of sp³-hybridized carbons (Fsp3) is 0.800. The van der Waals surface area contributed by atoms with Crippen molar-refractivity contribution in [2.45, 2.75) is 44.8 Å². The molecule has 0 aromatic rings. The predicted octanol–water partition coefficient (Wildman–Crippen LogP) is 1.25. The third-order valence-electron chi connectivity index (χ3n) is 3.05. The van der Waals surface area contributed by atoms with Crippen molar-refractivity contribution in [2.24, 2.45) is 5.92 Å². The first-order chi connectivity index (χ1) is 10.1. The maximum atomic E-state index is 11.6. The molecule has 0 radical (unpaired) electrons. The third kappa shape index (κ3) is 9.57. The molecule has 2 N–H and O–H groups in total. The first kappa shape index (κ1) is 20.1. The number of hydrogen-bond acceptors (Lipinski definition) is 6. The van der Waals surface area contributed by atoms with E-state index < -0.39 is 18.8 Å². The van der Waals surface area contributed by atoms with Gasteiger partial charge in [-0.3, -0.25) is 4.79 Å². The Morgan fingerprint density at radius 3 is 2.67 bits per heavy atom. The SMILES string of the molecule is C=CCCCCC(=O)OC[C@@H](C)[C@H](OCOC)[C@@H](O)CO. The van der Waals surface area contributed by atoms with E-state index in [9.17, 15) is 9.90 Å². The lowest BCUT2D eigenvalue weighted by molar-refractivity contribution is -0.159. The van der Waals surface area contributed by atoms with Gasteiger partial charge in [-0.25, -0.2) is 0 Å². The van der Waals surface area contributed by atoms with Crippen molar-refractivity contribution in [3.05, 3.63) is 12.7 Å². The van der Waals surface area contributed by atoms with Gasteiger partial charge in [0.15, 0.2) is 0 Å². The van der Waals surface area contributed by atoms with Gasteiger partial charge in [0.1, 0.15) is 12.9 Å². The monoisotopic (exact) mass is 304 g/mol. The number of carbonyl (C=O) groups is 1. The number of carbonyl (C=O) groups excluding carboxylic acids is 1. The molecular formula is C15H28O6. The number of allylic oxidation sites excluding steroid dienone is 1. The van der Waals surface area contributed by atoms with Crippen molar-refractivity contribution in [1.29, 1.82) is 0 Å². The average molecular weight is 304 g/mol. The van der Waals surface area contributed by atoms with E-state index in [0.717, 1.165) is 19.3 Å². The maximum Gasteiger partial charge on any atom is 0.305 e. The number of hydrogen-bond donors (Lipinski definition) is 2. The van der Waals surface area contributed by atoms with E-state index in [1.807, 2.05) is 6.08 Å². The fourth-order valence-corrected chi connectivity index (χ4v) is 1.85. The van der Waals surface area contributed by atoms with E-state index in [-0.39, 0.29) is 25.3 Å². The largest absolute Gasteiger partial charge is 0.465 e. The van der Waals surface area contributed by atoms with Crippen molar-refractivity contribution >= 4 is 5.97 Å². The second-order valence-corrected chi connectivity index (χ2v) is 4.98. The van der Waals surface area contributed by atoms with Crippen LogP contribution >= 0.6 is 0 Å². The number of aliphatic hydroxyl groups is 2. The van der Waals surface area contributed by atoms with Gasteiger partial charge in [0.05, 0.1) is 19.3 Å². The van der Waals surface area contributed by atoms with E-state index in [2.05, 4.69) is 6.58 Å². The zero-order chi connectivity index (χ0) is 16.1. The van der Waals surface area contributed by atoms with E-state index in [1.165, 1.54) is 7.11 Å². The van der Waals surface area contributed by atoms with E-state index in [4.69, 9.17) is 19.3 Å². The normalized spacial score (nSPS) is 15.2. The topological polar surface area (TPSA) is 85.2 Å². The van der Waals surface area contributed by atoms with Crippen LogP contribution in [0, 0.1) is 5.92 Å². The Bertz CT molecular complexity index is 281. The molecule has 0 bridgehead atoms. The summed E-state index contributed by atoms with van der Waals surface area (Å²) in [4.78, 5) is 11.6. The van der Waals surface area contributed by atoms with Gasteiger partial charge in [0.2, 0.25) is 0 Å². The molecule has 6 nitrogen and oxygen atoms in total. The minimum atomic E-state index is -1.04. The minimum Gasteiger partial charge on any atom is -0.465 e. The van der Waals surface area contributed by atoms with Gasteiger partial charge in [-0.2, -0.15) is 0 Å². The van der Waals surface area contributed by atoms with Crippen LogP contribution < -0.4 is 0 Å². The van der Waals surface area contributed by atoms with Crippen LogP contribution in [0.25, 0.3) is 0 Å². The summed E-state index contributed by atoms with van der Waals surface area (Å²) in [5, 5.41) is 18.7. The molecule has 0 aliphatic rings. The van der Waals surface area contributed by atoms with Crippen molar-refractivity contribution in [1.82, 2.24) is 0 Å². The summed E-state index contributed by atoms with van der Waals surface area (Å²) in [6, 6.07) is 0. The van der Waals surface area contributed by atoms with Crippen LogP contribution in [-0.4, -0.2) is 55.5 Å². The summed E-state index contributed by atoms with van der Waals surface area (Å²) in [5.74, 6) is -0.519. The second-order valence-electron chi connectivity index (χ2n) is 4.98. The predicted molar refractivity (Wildman–Crippen MR) is 78.6 cm³/mol. The quantitative estimate of drug-likeness (QED) is 0.231. The van der Waals surface area contributed by atoms with Crippen LogP contribution in [0.2, 0.25) is 0 Å². The molecule has 0 heterocycles. The van der Waals surface area contributed by atoms with E-state index >= 15 is 0 Å². The first-order valence-electron chi connectivity index (χ1n) is 7.22. The van der Waals surface area contributed by atoms with Crippen LogP contribution in [0.5, 0.6) is 0 Å². The number of unbranched alkanes of at least 4 members (excludes halogenated alkanes) is 2. The zero-order valence-electron chi connectivity index (χ0n) is 13.0. The molecule has 124 valence electrons. The number of aliphatic hydroxyl groups excluding tert-OH is 2. The van der Waals surface area contributed by atoms with Gasteiger partial charge in [0.25, 0.3) is 0 Å². The molecule has 0 unspecified atom stereocenters. The van der Waals surface area contributed by atoms with Gasteiger partial charge in [-0.15, -0.1) is 6.58 Å². The van der Waals surface area contributed by atoms with Gasteiger partial charge in [-0.1, -0.05) is 13.0 Å². The highest BCUT2D eigenvalue weighted by Crippen LogP contribution is 2.13. The standard InChI is InChI=1S/C15H28O6/c1-4-5-6-7-8-14(18)20-10-12(2)15(13(17)9-16)21-11-19-3/h4,12-13,15-17H,1,5-11H2,2-3H3/t12-,13+,15+/m1/s1. The number of esters is 1. The van der Waals surface area contributed by atoms with Crippen molar-refractivity contribution in [3.63, 3.8) is 0 Å². The third-order valence-corrected chi connectivity index (χ3v) is 3.05. The molecule has 0 saturated heterocycles. The number of methoxy groups -OCH3 is 1. The molecule has 0 spiro atoms. The van der Waals surface area contributed by atoms with Gasteiger partial charge >= 0.3 is 5.97 Å². The Morgan fingerprint density at radius 2 is 2.10 bits per heavy atom. The molecular weight excluding hydrogens is 276 g/mol. The van der Waals surface area contributed by atoms with E-state index in [1.54, 1.807) is 6.92 Å². The lowest BCUT2D eigenvalue weighted by Crippen LogP contribution is -2.40. The summed E-state index contributed by atoms with van der Waals surface area (Å²) < 4.78 is 15.3. The summed E-state index contributed by atoms with van der Waals surface area (Å²) >= 11 is 0. The zero-order valence-corrected chi connectivity index (χ0v) is 13.0. The summed E-state index contributed by atoms with van der Waals surface area (Å²) in [5.41, 5.74) is 0. The van der Waals surface area contributed by atoms with Gasteiger partial charge < -0.3 is 24.4 Å². The van der Waals surface area contributed by atoms with Crippen LogP contribution in [0.15, 0.2) is 12.7 Å². The average Bonchev–Trinajstić information content (AvgIpc) is 2.49. The molecule has 0 aromatic heterocycles. The van der Waals surface area contributed by atoms with Crippen LogP contribution in [0.1, 0.15) is 32.6 Å². The maximum absolute atomic E-state index is 11.6. The molecule has 0 aliphatic carbocycles. The molecule has 3 atom stereocenters. The lowest BCUT2D eigenvalue weighted by Gasteiger charge is -2.27. The Balaban J connectivity index is 4.07. The highest BCUT2D eigenvalue weighted by molar-refractivity contribution is 5.69. The Morgan fingerprint density at radius 1 is 1.38 bits per heavy atom. The Hall–Kier alpha value is -0.950.